The lowest BCUT2D eigenvalue weighted by Gasteiger charge is -2.20. The third kappa shape index (κ3) is 6.56. The molecule has 1 fully saturated rings. The van der Waals surface area contributed by atoms with Crippen molar-refractivity contribution in [1.82, 2.24) is 0 Å². The molecule has 0 N–H and O–H groups in total. The van der Waals surface area contributed by atoms with E-state index in [1.807, 2.05) is 0 Å². The van der Waals surface area contributed by atoms with E-state index >= 15 is 0 Å². The van der Waals surface area contributed by atoms with Crippen molar-refractivity contribution < 1.29 is 38.1 Å². The second-order valence-electron chi connectivity index (χ2n) is 8.15. The summed E-state index contributed by atoms with van der Waals surface area (Å²) in [5, 5.41) is 0. The highest BCUT2D eigenvalue weighted by atomic mass is 16.6. The number of benzene rings is 3. The van der Waals surface area contributed by atoms with Gasteiger partial charge in [0.1, 0.15) is 18.8 Å². The van der Waals surface area contributed by atoms with Gasteiger partial charge in [-0.3, -0.25) is 0 Å². The second kappa shape index (κ2) is 11.8. The Morgan fingerprint density at radius 1 is 0.750 bits per heavy atom. The van der Waals surface area contributed by atoms with E-state index < -0.39 is 42.2 Å². The molecule has 0 bridgehead atoms. The highest BCUT2D eigenvalue weighted by molar-refractivity contribution is 5.92. The Bertz CT molecular complexity index is 1190. The van der Waals surface area contributed by atoms with Gasteiger partial charge in [0, 0.05) is 12.8 Å². The zero-order valence-electron chi connectivity index (χ0n) is 19.3. The molecule has 1 saturated heterocycles. The fourth-order valence-corrected chi connectivity index (χ4v) is 3.70. The quantitative estimate of drug-likeness (QED) is 0.329. The average Bonchev–Trinajstić information content (AvgIpc) is 3.26. The molecule has 0 aromatic heterocycles. The molecule has 0 spiro atoms. The molecular formula is C28H24O8. The summed E-state index contributed by atoms with van der Waals surface area (Å²) in [5.41, 5.74) is 0.997. The Morgan fingerprint density at radius 2 is 1.25 bits per heavy atom. The maximum absolute atomic E-state index is 12.6. The highest BCUT2D eigenvalue weighted by Crippen LogP contribution is 2.24. The minimum Gasteiger partial charge on any atom is -0.459 e. The van der Waals surface area contributed by atoms with E-state index in [4.69, 9.17) is 18.9 Å². The van der Waals surface area contributed by atoms with E-state index in [1.54, 1.807) is 91.0 Å². The van der Waals surface area contributed by atoms with Gasteiger partial charge in [0.05, 0.1) is 16.7 Å². The van der Waals surface area contributed by atoms with Crippen LogP contribution in [0.2, 0.25) is 0 Å². The third-order valence-electron chi connectivity index (χ3n) is 5.50. The first-order valence-electron chi connectivity index (χ1n) is 11.4. The fourth-order valence-electron chi connectivity index (χ4n) is 3.70. The third-order valence-corrected chi connectivity index (χ3v) is 5.50. The van der Waals surface area contributed by atoms with Gasteiger partial charge in [-0.2, -0.15) is 0 Å². The maximum Gasteiger partial charge on any atom is 0.347 e. The number of cyclic esters (lactones) is 1. The molecule has 0 amide bonds. The van der Waals surface area contributed by atoms with Gasteiger partial charge >= 0.3 is 23.9 Å². The van der Waals surface area contributed by atoms with Crippen LogP contribution in [0.3, 0.4) is 0 Å². The van der Waals surface area contributed by atoms with Gasteiger partial charge in [0.25, 0.3) is 0 Å². The fraction of sp³-hybridized carbons (Fsp3) is 0.214. The Labute approximate surface area is 207 Å². The van der Waals surface area contributed by atoms with Crippen LogP contribution in [0.15, 0.2) is 91.0 Å². The number of hydrogen-bond acceptors (Lipinski definition) is 8. The molecule has 36 heavy (non-hydrogen) atoms. The zero-order chi connectivity index (χ0) is 25.3. The molecule has 0 radical (unpaired) electrons. The van der Waals surface area contributed by atoms with Gasteiger partial charge in [0.2, 0.25) is 6.10 Å². The van der Waals surface area contributed by atoms with E-state index in [0.29, 0.717) is 16.7 Å². The molecule has 0 aliphatic carbocycles. The second-order valence-corrected chi connectivity index (χ2v) is 8.15. The van der Waals surface area contributed by atoms with Crippen LogP contribution in [-0.4, -0.2) is 48.8 Å². The molecule has 8 heteroatoms. The standard InChI is InChI=1S/C28H24O8/c29-25(19-10-4-1-5-11-19)33-18-23(35-26(30)20-12-6-2-7-13-20)16-22-17-24(28(32)34-22)36-27(31)21-14-8-3-9-15-21/h1-15,22-24H,16-18H2/t22-,23+,24+/m1/s1. The van der Waals surface area contributed by atoms with E-state index in [9.17, 15) is 19.2 Å². The summed E-state index contributed by atoms with van der Waals surface area (Å²) in [6.45, 7) is -0.241. The van der Waals surface area contributed by atoms with Crippen molar-refractivity contribution >= 4 is 23.9 Å². The SMILES string of the molecule is O=C(OC[C@H](C[C@@H]1C[C@H](OC(=O)c2ccccc2)C(=O)O1)OC(=O)c1ccccc1)c1ccccc1. The molecule has 4 rings (SSSR count). The number of esters is 4. The van der Waals surface area contributed by atoms with Crippen molar-refractivity contribution in [3.63, 3.8) is 0 Å². The van der Waals surface area contributed by atoms with Crippen LogP contribution in [0.1, 0.15) is 43.9 Å². The van der Waals surface area contributed by atoms with Crippen LogP contribution >= 0.6 is 0 Å². The summed E-state index contributed by atoms with van der Waals surface area (Å²) in [4.78, 5) is 49.7. The van der Waals surface area contributed by atoms with E-state index in [0.717, 1.165) is 0 Å². The van der Waals surface area contributed by atoms with Crippen LogP contribution < -0.4 is 0 Å². The summed E-state index contributed by atoms with van der Waals surface area (Å²) in [5.74, 6) is -2.50. The van der Waals surface area contributed by atoms with Gasteiger partial charge in [-0.05, 0) is 36.4 Å². The van der Waals surface area contributed by atoms with Crippen molar-refractivity contribution in [2.45, 2.75) is 31.2 Å². The first-order chi connectivity index (χ1) is 17.5. The number of rotatable bonds is 9. The molecule has 3 aromatic rings. The predicted molar refractivity (Wildman–Crippen MR) is 127 cm³/mol. The van der Waals surface area contributed by atoms with Crippen LogP contribution in [0.4, 0.5) is 0 Å². The minimum absolute atomic E-state index is 0.0613. The summed E-state index contributed by atoms with van der Waals surface area (Å²) < 4.78 is 21.7. The summed E-state index contributed by atoms with van der Waals surface area (Å²) in [6, 6.07) is 25.1. The molecule has 184 valence electrons. The van der Waals surface area contributed by atoms with E-state index in [2.05, 4.69) is 0 Å². The normalized spacial score (nSPS) is 17.5. The van der Waals surface area contributed by atoms with Crippen LogP contribution in [0, 0.1) is 0 Å². The predicted octanol–water partition coefficient (Wildman–Crippen LogP) is 4.00. The Morgan fingerprint density at radius 3 is 1.81 bits per heavy atom. The molecule has 8 nitrogen and oxygen atoms in total. The van der Waals surface area contributed by atoms with Gasteiger partial charge in [-0.1, -0.05) is 54.6 Å². The van der Waals surface area contributed by atoms with Crippen molar-refractivity contribution in [1.29, 1.82) is 0 Å². The van der Waals surface area contributed by atoms with Crippen molar-refractivity contribution in [3.05, 3.63) is 108 Å². The number of carbonyl (C=O) groups is 4. The Kier molecular flexibility index (Phi) is 8.08. The monoisotopic (exact) mass is 488 g/mol. The largest absolute Gasteiger partial charge is 0.459 e. The lowest BCUT2D eigenvalue weighted by Crippen LogP contribution is -2.29. The lowest BCUT2D eigenvalue weighted by molar-refractivity contribution is -0.148. The van der Waals surface area contributed by atoms with Gasteiger partial charge in [-0.15, -0.1) is 0 Å². The van der Waals surface area contributed by atoms with Crippen molar-refractivity contribution in [3.8, 4) is 0 Å². The minimum atomic E-state index is -1.08. The molecule has 1 aliphatic rings. The molecular weight excluding hydrogens is 464 g/mol. The topological polar surface area (TPSA) is 105 Å². The first kappa shape index (κ1) is 24.7. The lowest BCUT2D eigenvalue weighted by atomic mass is 10.1. The van der Waals surface area contributed by atoms with Crippen molar-refractivity contribution in [2.24, 2.45) is 0 Å². The number of hydrogen-bond donors (Lipinski definition) is 0. The molecule has 0 saturated carbocycles. The first-order valence-corrected chi connectivity index (χ1v) is 11.4. The van der Waals surface area contributed by atoms with Gasteiger partial charge < -0.3 is 18.9 Å². The maximum atomic E-state index is 12.6. The van der Waals surface area contributed by atoms with Gasteiger partial charge in [-0.25, -0.2) is 19.2 Å². The molecule has 0 unspecified atom stereocenters. The molecule has 1 heterocycles. The van der Waals surface area contributed by atoms with Crippen LogP contribution in [0.5, 0.6) is 0 Å². The van der Waals surface area contributed by atoms with E-state index in [1.165, 1.54) is 0 Å². The number of ether oxygens (including phenoxy) is 4. The summed E-state index contributed by atoms with van der Waals surface area (Å²) in [6.07, 6.45) is -2.53. The smallest absolute Gasteiger partial charge is 0.347 e. The average molecular weight is 488 g/mol. The van der Waals surface area contributed by atoms with Gasteiger partial charge in [0.15, 0.2) is 0 Å². The van der Waals surface area contributed by atoms with Crippen molar-refractivity contribution in [2.75, 3.05) is 6.61 Å². The Balaban J connectivity index is 1.39. The molecule has 1 aliphatic heterocycles. The van der Waals surface area contributed by atoms with E-state index in [-0.39, 0.29) is 19.4 Å². The molecule has 3 atom stereocenters. The van der Waals surface area contributed by atoms with Crippen LogP contribution in [-0.2, 0) is 23.7 Å². The Hall–Kier alpha value is -4.46. The zero-order valence-corrected chi connectivity index (χ0v) is 19.3. The molecule has 3 aromatic carbocycles. The summed E-state index contributed by atoms with van der Waals surface area (Å²) >= 11 is 0. The highest BCUT2D eigenvalue weighted by Gasteiger charge is 2.39. The summed E-state index contributed by atoms with van der Waals surface area (Å²) in [7, 11) is 0. The number of carbonyl (C=O) groups excluding carboxylic acids is 4. The van der Waals surface area contributed by atoms with Crippen LogP contribution in [0.25, 0.3) is 0 Å².